The molecule has 1 aliphatic rings. The van der Waals surface area contributed by atoms with Crippen molar-refractivity contribution in [1.82, 2.24) is 9.78 Å². The van der Waals surface area contributed by atoms with Crippen molar-refractivity contribution in [1.29, 1.82) is 5.26 Å². The number of esters is 1. The number of ether oxygens (including phenoxy) is 2. The molecule has 0 amide bonds. The van der Waals surface area contributed by atoms with Gasteiger partial charge in [-0.1, -0.05) is 18.2 Å². The molecule has 3 rings (SSSR count). The zero-order valence-corrected chi connectivity index (χ0v) is 16.3. The van der Waals surface area contributed by atoms with Gasteiger partial charge >= 0.3 is 5.97 Å². The zero-order valence-electron chi connectivity index (χ0n) is 16.3. The second-order valence-corrected chi connectivity index (χ2v) is 6.45. The molecule has 0 bridgehead atoms. The molecule has 1 aliphatic heterocycles. The molecule has 0 saturated carbocycles. The molecular formula is C21H22N4O3. The van der Waals surface area contributed by atoms with E-state index in [-0.39, 0.29) is 23.6 Å². The van der Waals surface area contributed by atoms with Crippen LogP contribution in [0.15, 0.2) is 53.1 Å². The average Bonchev–Trinajstić information content (AvgIpc) is 2.96. The van der Waals surface area contributed by atoms with Crippen LogP contribution in [0.4, 0.5) is 0 Å². The number of nitrogens with zero attached hydrogens (tertiary/aromatic N) is 3. The quantitative estimate of drug-likeness (QED) is 0.820. The summed E-state index contributed by atoms with van der Waals surface area (Å²) in [6, 6.07) is 11.8. The van der Waals surface area contributed by atoms with E-state index in [9.17, 15) is 10.1 Å². The minimum atomic E-state index is -0.699. The first-order valence-corrected chi connectivity index (χ1v) is 8.97. The van der Waals surface area contributed by atoms with Crippen molar-refractivity contribution in [3.05, 3.63) is 70.1 Å². The lowest BCUT2D eigenvalue weighted by Crippen LogP contribution is -2.26. The Bertz CT molecular complexity index is 1030. The van der Waals surface area contributed by atoms with Gasteiger partial charge in [0.1, 0.15) is 17.4 Å². The van der Waals surface area contributed by atoms with Gasteiger partial charge in [0, 0.05) is 11.3 Å². The Morgan fingerprint density at radius 3 is 2.61 bits per heavy atom. The fraction of sp³-hybridized carbons (Fsp3) is 0.286. The van der Waals surface area contributed by atoms with Crippen LogP contribution in [0.2, 0.25) is 0 Å². The van der Waals surface area contributed by atoms with E-state index in [0.717, 1.165) is 16.9 Å². The van der Waals surface area contributed by atoms with Gasteiger partial charge in [-0.25, -0.2) is 9.48 Å². The molecule has 0 radical (unpaired) electrons. The lowest BCUT2D eigenvalue weighted by atomic mass is 9.82. The molecule has 2 aromatic rings. The first-order valence-electron chi connectivity index (χ1n) is 8.97. The molecule has 28 heavy (non-hydrogen) atoms. The van der Waals surface area contributed by atoms with E-state index in [4.69, 9.17) is 15.2 Å². The molecule has 144 valence electrons. The van der Waals surface area contributed by atoms with Crippen LogP contribution in [0, 0.1) is 25.2 Å². The highest BCUT2D eigenvalue weighted by Gasteiger charge is 2.39. The minimum absolute atomic E-state index is 0.00990. The smallest absolute Gasteiger partial charge is 0.338 e. The van der Waals surface area contributed by atoms with Crippen LogP contribution < -0.4 is 5.73 Å². The Morgan fingerprint density at radius 1 is 1.32 bits per heavy atom. The molecule has 2 N–H and O–H groups in total. The second kappa shape index (κ2) is 7.61. The van der Waals surface area contributed by atoms with Gasteiger partial charge < -0.3 is 15.2 Å². The van der Waals surface area contributed by atoms with Crippen molar-refractivity contribution < 1.29 is 14.3 Å². The number of allylic oxidation sites excluding steroid dienone is 2. The van der Waals surface area contributed by atoms with Gasteiger partial charge in [0.05, 0.1) is 29.5 Å². The Labute approximate surface area is 163 Å². The van der Waals surface area contributed by atoms with Gasteiger partial charge in [-0.05, 0) is 39.8 Å². The van der Waals surface area contributed by atoms with E-state index in [2.05, 4.69) is 11.2 Å². The van der Waals surface area contributed by atoms with Gasteiger partial charge in [-0.3, -0.25) is 0 Å². The van der Waals surface area contributed by atoms with E-state index in [1.54, 1.807) is 18.5 Å². The summed E-state index contributed by atoms with van der Waals surface area (Å²) in [7, 11) is 0. The van der Waals surface area contributed by atoms with Crippen molar-refractivity contribution in [2.45, 2.75) is 33.6 Å². The fourth-order valence-corrected chi connectivity index (χ4v) is 3.54. The van der Waals surface area contributed by atoms with Crippen molar-refractivity contribution in [3.63, 3.8) is 0 Å². The molecule has 0 aliphatic carbocycles. The maximum Gasteiger partial charge on any atom is 0.338 e. The fourth-order valence-electron chi connectivity index (χ4n) is 3.54. The number of para-hydroxylation sites is 1. The molecule has 7 nitrogen and oxygen atoms in total. The van der Waals surface area contributed by atoms with E-state index in [0.29, 0.717) is 11.5 Å². The molecular weight excluding hydrogens is 356 g/mol. The van der Waals surface area contributed by atoms with Crippen molar-refractivity contribution in [3.8, 4) is 11.8 Å². The number of aromatic nitrogens is 2. The third kappa shape index (κ3) is 3.14. The molecule has 0 saturated heterocycles. The number of rotatable bonds is 4. The van der Waals surface area contributed by atoms with Crippen LogP contribution in [0.25, 0.3) is 5.69 Å². The zero-order chi connectivity index (χ0) is 20.4. The van der Waals surface area contributed by atoms with E-state index >= 15 is 0 Å². The number of aryl methyl sites for hydroxylation is 1. The Balaban J connectivity index is 2.24. The summed E-state index contributed by atoms with van der Waals surface area (Å²) in [5.74, 6) is -0.915. The van der Waals surface area contributed by atoms with E-state index < -0.39 is 11.9 Å². The molecule has 2 heterocycles. The largest absolute Gasteiger partial charge is 0.463 e. The van der Waals surface area contributed by atoms with Crippen molar-refractivity contribution >= 4 is 5.97 Å². The van der Waals surface area contributed by atoms with Crippen LogP contribution >= 0.6 is 0 Å². The molecule has 0 fully saturated rings. The van der Waals surface area contributed by atoms with Gasteiger partial charge in [0.15, 0.2) is 0 Å². The topological polar surface area (TPSA) is 103 Å². The maximum atomic E-state index is 12.7. The standard InChI is InChI=1S/C21H22N4O3/c1-5-27-21(26)18-14(4)28-20(23)16(11-22)19(18)17-12(2)24-25(13(17)3)15-9-7-6-8-10-15/h6-10,19H,5,23H2,1-4H3. The summed E-state index contributed by atoms with van der Waals surface area (Å²) in [5.41, 5.74) is 9.56. The monoisotopic (exact) mass is 378 g/mol. The predicted molar refractivity (Wildman–Crippen MR) is 103 cm³/mol. The van der Waals surface area contributed by atoms with Crippen molar-refractivity contribution in [2.24, 2.45) is 5.73 Å². The van der Waals surface area contributed by atoms with Crippen LogP contribution in [0.5, 0.6) is 0 Å². The number of nitriles is 1. The summed E-state index contributed by atoms with van der Waals surface area (Å²) in [6.45, 7) is 7.34. The average molecular weight is 378 g/mol. The summed E-state index contributed by atoms with van der Waals surface area (Å²) in [6.07, 6.45) is 0. The molecule has 1 unspecified atom stereocenters. The normalized spacial score (nSPS) is 16.6. The number of carbonyl (C=O) groups excluding carboxylic acids is 1. The van der Waals surface area contributed by atoms with Crippen LogP contribution in [0.3, 0.4) is 0 Å². The molecule has 1 aromatic carbocycles. The second-order valence-electron chi connectivity index (χ2n) is 6.45. The summed E-state index contributed by atoms with van der Waals surface area (Å²) in [5, 5.41) is 14.4. The number of carbonyl (C=O) groups is 1. The number of hydrogen-bond donors (Lipinski definition) is 1. The van der Waals surface area contributed by atoms with E-state index in [1.807, 2.05) is 44.2 Å². The first-order chi connectivity index (χ1) is 13.4. The lowest BCUT2D eigenvalue weighted by Gasteiger charge is -2.27. The summed E-state index contributed by atoms with van der Waals surface area (Å²) < 4.78 is 12.5. The van der Waals surface area contributed by atoms with Gasteiger partial charge in [0.25, 0.3) is 0 Å². The van der Waals surface area contributed by atoms with Crippen LogP contribution in [0.1, 0.15) is 36.7 Å². The Morgan fingerprint density at radius 2 is 2.00 bits per heavy atom. The number of nitrogens with two attached hydrogens (primary N) is 1. The predicted octanol–water partition coefficient (Wildman–Crippen LogP) is 3.13. The summed E-state index contributed by atoms with van der Waals surface area (Å²) in [4.78, 5) is 12.7. The van der Waals surface area contributed by atoms with E-state index in [1.165, 1.54) is 0 Å². The van der Waals surface area contributed by atoms with Gasteiger partial charge in [0.2, 0.25) is 5.88 Å². The first kappa shape index (κ1) is 19.2. The highest BCUT2D eigenvalue weighted by atomic mass is 16.5. The third-order valence-electron chi connectivity index (χ3n) is 4.74. The SMILES string of the molecule is CCOC(=O)C1=C(C)OC(N)=C(C#N)C1c1c(C)nn(-c2ccccc2)c1C. The Hall–Kier alpha value is -3.53. The third-order valence-corrected chi connectivity index (χ3v) is 4.74. The highest BCUT2D eigenvalue weighted by molar-refractivity contribution is 5.92. The molecule has 7 heteroatoms. The van der Waals surface area contributed by atoms with Crippen LogP contribution in [-0.2, 0) is 14.3 Å². The van der Waals surface area contributed by atoms with Gasteiger partial charge in [-0.2, -0.15) is 10.4 Å². The highest BCUT2D eigenvalue weighted by Crippen LogP contribution is 2.42. The minimum Gasteiger partial charge on any atom is -0.463 e. The molecule has 0 spiro atoms. The number of hydrogen-bond acceptors (Lipinski definition) is 6. The summed E-state index contributed by atoms with van der Waals surface area (Å²) >= 11 is 0. The molecule has 1 atom stereocenters. The lowest BCUT2D eigenvalue weighted by molar-refractivity contribution is -0.139. The maximum absolute atomic E-state index is 12.7. The van der Waals surface area contributed by atoms with Crippen molar-refractivity contribution in [2.75, 3.05) is 6.61 Å². The molecule has 1 aromatic heterocycles. The Kier molecular flexibility index (Phi) is 5.23. The van der Waals surface area contributed by atoms with Gasteiger partial charge in [-0.15, -0.1) is 0 Å². The number of benzene rings is 1. The van der Waals surface area contributed by atoms with Crippen LogP contribution in [-0.4, -0.2) is 22.4 Å².